The Bertz CT molecular complexity index is 592. The molecule has 0 aliphatic carbocycles. The predicted octanol–water partition coefficient (Wildman–Crippen LogP) is 1.95. The summed E-state index contributed by atoms with van der Waals surface area (Å²) >= 11 is 0. The number of benzene rings is 1. The summed E-state index contributed by atoms with van der Waals surface area (Å²) in [5.41, 5.74) is 0. The quantitative estimate of drug-likeness (QED) is 0.842. The van der Waals surface area contributed by atoms with E-state index in [-0.39, 0.29) is 12.1 Å². The summed E-state index contributed by atoms with van der Waals surface area (Å²) < 4.78 is 33.8. The van der Waals surface area contributed by atoms with E-state index < -0.39 is 10.0 Å². The number of ether oxygens (including phenoxy) is 1. The molecule has 0 bridgehead atoms. The molecule has 0 aromatic heterocycles. The van der Waals surface area contributed by atoms with Gasteiger partial charge >= 0.3 is 0 Å². The first-order valence-electron chi connectivity index (χ1n) is 8.44. The molecule has 0 amide bonds. The number of sulfonamides is 1. The number of likely N-dealkylation sites (tertiary alicyclic amines) is 1. The van der Waals surface area contributed by atoms with Gasteiger partial charge in [-0.25, -0.2) is 8.42 Å². The Morgan fingerprint density at radius 3 is 2.17 bits per heavy atom. The molecule has 5 nitrogen and oxygen atoms in total. The molecule has 0 atom stereocenters. The fraction of sp³-hybridized carbons (Fsp3) is 0.647. The van der Waals surface area contributed by atoms with Crippen LogP contribution in [-0.2, 0) is 14.8 Å². The molecule has 2 aliphatic heterocycles. The zero-order chi connectivity index (χ0) is 16.3. The zero-order valence-corrected chi connectivity index (χ0v) is 14.5. The number of nitrogens with zero attached hydrogens (tertiary/aromatic N) is 2. The van der Waals surface area contributed by atoms with E-state index in [0.717, 1.165) is 38.8 Å². The van der Waals surface area contributed by atoms with Gasteiger partial charge in [0.15, 0.2) is 0 Å². The van der Waals surface area contributed by atoms with E-state index in [9.17, 15) is 8.42 Å². The Morgan fingerprint density at radius 2 is 1.57 bits per heavy atom. The summed E-state index contributed by atoms with van der Waals surface area (Å²) in [6.45, 7) is 3.21. The molecule has 6 heteroatoms. The molecule has 2 aliphatic rings. The molecule has 2 saturated heterocycles. The molecule has 1 aromatic carbocycles. The normalized spacial score (nSPS) is 22.5. The van der Waals surface area contributed by atoms with E-state index in [4.69, 9.17) is 4.74 Å². The third kappa shape index (κ3) is 3.76. The van der Waals surface area contributed by atoms with E-state index in [1.807, 2.05) is 10.4 Å². The summed E-state index contributed by atoms with van der Waals surface area (Å²) in [6.07, 6.45) is 3.39. The molecule has 0 unspecified atom stereocenters. The summed E-state index contributed by atoms with van der Waals surface area (Å²) in [6, 6.07) is 9.01. The maximum absolute atomic E-state index is 13.3. The number of rotatable bonds is 4. The molecule has 2 heterocycles. The second-order valence-electron chi connectivity index (χ2n) is 6.53. The summed E-state index contributed by atoms with van der Waals surface area (Å²) in [4.78, 5) is 2.68. The first kappa shape index (κ1) is 16.9. The van der Waals surface area contributed by atoms with Crippen LogP contribution in [0.5, 0.6) is 0 Å². The highest BCUT2D eigenvalue weighted by atomic mass is 32.2. The Hall–Kier alpha value is -0.950. The van der Waals surface area contributed by atoms with E-state index >= 15 is 0 Å². The SMILES string of the molecule is CN1CCC(N(C2CCOCC2)S(=O)(=O)c2ccccc2)CC1. The van der Waals surface area contributed by atoms with Gasteiger partial charge in [-0.1, -0.05) is 18.2 Å². The summed E-state index contributed by atoms with van der Waals surface area (Å²) in [5.74, 6) is 0. The molecule has 3 rings (SSSR count). The van der Waals surface area contributed by atoms with Crippen LogP contribution in [0.15, 0.2) is 35.2 Å². The van der Waals surface area contributed by atoms with Crippen LogP contribution in [0.1, 0.15) is 25.7 Å². The van der Waals surface area contributed by atoms with Gasteiger partial charge in [0.1, 0.15) is 0 Å². The van der Waals surface area contributed by atoms with Gasteiger partial charge in [0.05, 0.1) is 4.90 Å². The molecule has 0 saturated carbocycles. The smallest absolute Gasteiger partial charge is 0.243 e. The second-order valence-corrected chi connectivity index (χ2v) is 8.37. The van der Waals surface area contributed by atoms with Crippen molar-refractivity contribution in [2.75, 3.05) is 33.4 Å². The molecule has 23 heavy (non-hydrogen) atoms. The average molecular weight is 338 g/mol. The molecular formula is C17H26N2O3S. The highest BCUT2D eigenvalue weighted by molar-refractivity contribution is 7.89. The van der Waals surface area contributed by atoms with Crippen molar-refractivity contribution >= 4 is 10.0 Å². The van der Waals surface area contributed by atoms with Crippen molar-refractivity contribution in [2.45, 2.75) is 42.7 Å². The molecule has 0 N–H and O–H groups in total. The fourth-order valence-corrected chi connectivity index (χ4v) is 5.55. The molecular weight excluding hydrogens is 312 g/mol. The van der Waals surface area contributed by atoms with E-state index in [1.54, 1.807) is 24.3 Å². The van der Waals surface area contributed by atoms with Crippen molar-refractivity contribution in [1.29, 1.82) is 0 Å². The van der Waals surface area contributed by atoms with Crippen molar-refractivity contribution in [1.82, 2.24) is 9.21 Å². The van der Waals surface area contributed by atoms with Gasteiger partial charge < -0.3 is 9.64 Å². The average Bonchev–Trinajstić information content (AvgIpc) is 2.58. The predicted molar refractivity (Wildman–Crippen MR) is 89.8 cm³/mol. The van der Waals surface area contributed by atoms with Gasteiger partial charge in [0.25, 0.3) is 0 Å². The minimum absolute atomic E-state index is 0.0577. The largest absolute Gasteiger partial charge is 0.381 e. The van der Waals surface area contributed by atoms with Gasteiger partial charge in [-0.2, -0.15) is 4.31 Å². The highest BCUT2D eigenvalue weighted by Crippen LogP contribution is 2.30. The first-order valence-corrected chi connectivity index (χ1v) is 9.88. The van der Waals surface area contributed by atoms with Crippen molar-refractivity contribution in [3.8, 4) is 0 Å². The van der Waals surface area contributed by atoms with Crippen LogP contribution in [0.4, 0.5) is 0 Å². The maximum atomic E-state index is 13.3. The Kier molecular flexibility index (Phi) is 5.36. The van der Waals surface area contributed by atoms with E-state index in [2.05, 4.69) is 11.9 Å². The summed E-state index contributed by atoms with van der Waals surface area (Å²) in [5, 5.41) is 0. The van der Waals surface area contributed by atoms with Crippen molar-refractivity contribution in [2.24, 2.45) is 0 Å². The fourth-order valence-electron chi connectivity index (χ4n) is 3.59. The summed E-state index contributed by atoms with van der Waals surface area (Å²) in [7, 11) is -1.36. The van der Waals surface area contributed by atoms with Gasteiger partial charge in [-0.05, 0) is 58.0 Å². The molecule has 0 radical (unpaired) electrons. The first-order chi connectivity index (χ1) is 11.1. The van der Waals surface area contributed by atoms with Gasteiger partial charge in [0, 0.05) is 25.3 Å². The standard InChI is InChI=1S/C17H26N2O3S/c1-18-11-7-15(8-12-18)19(16-9-13-22-14-10-16)23(20,21)17-5-3-2-4-6-17/h2-6,15-16H,7-14H2,1H3. The molecule has 0 spiro atoms. The monoisotopic (exact) mass is 338 g/mol. The third-order valence-corrected chi connectivity index (χ3v) is 6.94. The van der Waals surface area contributed by atoms with Gasteiger partial charge in [-0.15, -0.1) is 0 Å². The topological polar surface area (TPSA) is 49.9 Å². The van der Waals surface area contributed by atoms with Crippen molar-refractivity contribution < 1.29 is 13.2 Å². The van der Waals surface area contributed by atoms with Crippen molar-refractivity contribution in [3.63, 3.8) is 0 Å². The van der Waals surface area contributed by atoms with Crippen LogP contribution >= 0.6 is 0 Å². The minimum atomic E-state index is -3.46. The lowest BCUT2D eigenvalue weighted by molar-refractivity contribution is 0.0409. The van der Waals surface area contributed by atoms with Crippen LogP contribution in [0.25, 0.3) is 0 Å². The molecule has 1 aromatic rings. The van der Waals surface area contributed by atoms with Crippen LogP contribution in [0.3, 0.4) is 0 Å². The third-order valence-electron chi connectivity index (χ3n) is 4.92. The van der Waals surface area contributed by atoms with E-state index in [0.29, 0.717) is 18.1 Å². The van der Waals surface area contributed by atoms with E-state index in [1.165, 1.54) is 0 Å². The molecule has 128 valence electrons. The maximum Gasteiger partial charge on any atom is 0.243 e. The van der Waals surface area contributed by atoms with Crippen LogP contribution in [0, 0.1) is 0 Å². The van der Waals surface area contributed by atoms with Crippen LogP contribution in [0.2, 0.25) is 0 Å². The van der Waals surface area contributed by atoms with Gasteiger partial charge in [0.2, 0.25) is 10.0 Å². The Morgan fingerprint density at radius 1 is 1.00 bits per heavy atom. The highest BCUT2D eigenvalue weighted by Gasteiger charge is 2.38. The number of piperidine rings is 1. The van der Waals surface area contributed by atoms with Crippen LogP contribution < -0.4 is 0 Å². The van der Waals surface area contributed by atoms with Crippen molar-refractivity contribution in [3.05, 3.63) is 30.3 Å². The van der Waals surface area contributed by atoms with Crippen LogP contribution in [-0.4, -0.2) is 63.1 Å². The molecule has 2 fully saturated rings. The Labute approximate surface area is 139 Å². The number of hydrogen-bond donors (Lipinski definition) is 0. The Balaban J connectivity index is 1.91. The number of hydrogen-bond acceptors (Lipinski definition) is 4. The lowest BCUT2D eigenvalue weighted by atomic mass is 10.0. The zero-order valence-electron chi connectivity index (χ0n) is 13.7. The second kappa shape index (κ2) is 7.30. The lowest BCUT2D eigenvalue weighted by Crippen LogP contribution is -2.52. The minimum Gasteiger partial charge on any atom is -0.381 e. The van der Waals surface area contributed by atoms with Gasteiger partial charge in [-0.3, -0.25) is 0 Å². The lowest BCUT2D eigenvalue weighted by Gasteiger charge is -2.41.